The molecule has 2 aromatic heterocycles. The van der Waals surface area contributed by atoms with Crippen molar-refractivity contribution in [3.63, 3.8) is 0 Å². The maximum atomic E-state index is 6.05. The molecule has 2 heterocycles. The molecule has 2 aromatic rings. The number of hydrogen-bond donors (Lipinski definition) is 2. The van der Waals surface area contributed by atoms with E-state index >= 15 is 0 Å². The monoisotopic (exact) mass is 321 g/mol. The second-order valence-electron chi connectivity index (χ2n) is 3.69. The second-order valence-corrected chi connectivity index (χ2v) is 6.25. The molecule has 7 heteroatoms. The molecular weight excluding hydrogens is 313 g/mol. The number of aromatic nitrogens is 1. The Bertz CT molecular complexity index is 571. The summed E-state index contributed by atoms with van der Waals surface area (Å²) in [5.74, 6) is 0.760. The van der Waals surface area contributed by atoms with Crippen molar-refractivity contribution >= 4 is 57.8 Å². The van der Waals surface area contributed by atoms with E-state index in [1.165, 1.54) is 11.3 Å². The van der Waals surface area contributed by atoms with Crippen LogP contribution in [0.2, 0.25) is 14.4 Å². The summed E-state index contributed by atoms with van der Waals surface area (Å²) in [6.45, 7) is 1.99. The first-order valence-electron chi connectivity index (χ1n) is 5.10. The van der Waals surface area contributed by atoms with E-state index in [9.17, 15) is 0 Å². The molecule has 0 amide bonds. The first kappa shape index (κ1) is 13.7. The van der Waals surface area contributed by atoms with E-state index in [0.29, 0.717) is 15.9 Å². The third kappa shape index (κ3) is 3.01. The molecule has 0 aliphatic carbocycles. The topological polar surface area (TPSA) is 50.9 Å². The Kier molecular flexibility index (Phi) is 4.22. The number of nitrogens with two attached hydrogens (primary N) is 1. The standard InChI is InChI=1S/C11H10Cl3N3S/c1-5(8-2-3-9(14)18-8)16-11-7(13)4-6(12)10(15)17-11/h2-5H,1H3,(H3,15,16,17). The minimum absolute atomic E-state index is 0.0353. The van der Waals surface area contributed by atoms with E-state index in [1.54, 1.807) is 6.07 Å². The number of pyridine rings is 1. The highest BCUT2D eigenvalue weighted by molar-refractivity contribution is 7.16. The van der Waals surface area contributed by atoms with E-state index in [1.807, 2.05) is 19.1 Å². The number of rotatable bonds is 3. The predicted molar refractivity (Wildman–Crippen MR) is 80.0 cm³/mol. The highest BCUT2D eigenvalue weighted by Crippen LogP contribution is 2.32. The number of nitrogen functional groups attached to an aromatic ring is 1. The molecule has 1 unspecified atom stereocenters. The fraction of sp³-hybridized carbons (Fsp3) is 0.182. The fourth-order valence-corrected chi connectivity index (χ4v) is 2.90. The lowest BCUT2D eigenvalue weighted by atomic mass is 10.2. The van der Waals surface area contributed by atoms with E-state index in [0.717, 1.165) is 9.21 Å². The van der Waals surface area contributed by atoms with Gasteiger partial charge >= 0.3 is 0 Å². The van der Waals surface area contributed by atoms with E-state index in [2.05, 4.69) is 10.3 Å². The van der Waals surface area contributed by atoms with Gasteiger partial charge in [-0.1, -0.05) is 34.8 Å². The molecule has 0 bridgehead atoms. The van der Waals surface area contributed by atoms with Crippen LogP contribution < -0.4 is 11.1 Å². The van der Waals surface area contributed by atoms with Crippen LogP contribution in [0.4, 0.5) is 11.6 Å². The Morgan fingerprint density at radius 1 is 1.28 bits per heavy atom. The first-order chi connectivity index (χ1) is 8.47. The van der Waals surface area contributed by atoms with Crippen molar-refractivity contribution < 1.29 is 0 Å². The maximum Gasteiger partial charge on any atom is 0.147 e. The molecule has 0 saturated heterocycles. The lowest BCUT2D eigenvalue weighted by Crippen LogP contribution is -2.08. The zero-order valence-corrected chi connectivity index (χ0v) is 12.5. The normalized spacial score (nSPS) is 12.4. The molecule has 0 spiro atoms. The quantitative estimate of drug-likeness (QED) is 0.848. The van der Waals surface area contributed by atoms with Gasteiger partial charge < -0.3 is 11.1 Å². The average molecular weight is 323 g/mol. The largest absolute Gasteiger partial charge is 0.382 e. The number of nitrogens with zero attached hydrogens (tertiary/aromatic N) is 1. The summed E-state index contributed by atoms with van der Waals surface area (Å²) in [5.41, 5.74) is 5.65. The first-order valence-corrected chi connectivity index (χ1v) is 7.05. The van der Waals surface area contributed by atoms with E-state index in [4.69, 9.17) is 40.5 Å². The van der Waals surface area contributed by atoms with Gasteiger partial charge in [-0.3, -0.25) is 0 Å². The van der Waals surface area contributed by atoms with Crippen LogP contribution in [0.25, 0.3) is 0 Å². The molecule has 0 aliphatic heterocycles. The van der Waals surface area contributed by atoms with Crippen LogP contribution in [0.15, 0.2) is 18.2 Å². The maximum absolute atomic E-state index is 6.05. The van der Waals surface area contributed by atoms with Crippen LogP contribution in [0.1, 0.15) is 17.8 Å². The van der Waals surface area contributed by atoms with Crippen LogP contribution in [-0.4, -0.2) is 4.98 Å². The van der Waals surface area contributed by atoms with Gasteiger partial charge in [-0.25, -0.2) is 4.98 Å². The van der Waals surface area contributed by atoms with Crippen LogP contribution in [-0.2, 0) is 0 Å². The predicted octanol–water partition coefficient (Wildman–Crippen LogP) is 4.86. The fourth-order valence-electron chi connectivity index (χ4n) is 1.42. The molecule has 1 atom stereocenters. The third-order valence-corrected chi connectivity index (χ3v) is 4.34. The highest BCUT2D eigenvalue weighted by atomic mass is 35.5. The minimum Gasteiger partial charge on any atom is -0.382 e. The summed E-state index contributed by atoms with van der Waals surface area (Å²) in [7, 11) is 0. The summed E-state index contributed by atoms with van der Waals surface area (Å²) in [6, 6.07) is 5.41. The van der Waals surface area contributed by atoms with Crippen molar-refractivity contribution in [2.24, 2.45) is 0 Å². The molecule has 0 saturated carbocycles. The Balaban J connectivity index is 2.21. The van der Waals surface area contributed by atoms with Crippen molar-refractivity contribution in [1.29, 1.82) is 0 Å². The summed E-state index contributed by atoms with van der Waals surface area (Å²) >= 11 is 19.3. The van der Waals surface area contributed by atoms with Gasteiger partial charge in [0.25, 0.3) is 0 Å². The Morgan fingerprint density at radius 3 is 2.61 bits per heavy atom. The van der Waals surface area contributed by atoms with Crippen LogP contribution in [0.3, 0.4) is 0 Å². The number of hydrogen-bond acceptors (Lipinski definition) is 4. The number of halogens is 3. The van der Waals surface area contributed by atoms with Crippen LogP contribution >= 0.6 is 46.1 Å². The molecule has 3 N–H and O–H groups in total. The molecule has 96 valence electrons. The zero-order chi connectivity index (χ0) is 13.3. The lowest BCUT2D eigenvalue weighted by molar-refractivity contribution is 0.897. The third-order valence-electron chi connectivity index (χ3n) is 2.33. The van der Waals surface area contributed by atoms with E-state index in [-0.39, 0.29) is 11.9 Å². The smallest absolute Gasteiger partial charge is 0.147 e. The Morgan fingerprint density at radius 2 is 2.00 bits per heavy atom. The SMILES string of the molecule is CC(Nc1nc(N)c(Cl)cc1Cl)c1ccc(Cl)s1. The summed E-state index contributed by atoms with van der Waals surface area (Å²) < 4.78 is 0.744. The van der Waals surface area contributed by atoms with Gasteiger partial charge in [0.15, 0.2) is 0 Å². The summed E-state index contributed by atoms with van der Waals surface area (Å²) in [4.78, 5) is 5.21. The van der Waals surface area contributed by atoms with Gasteiger partial charge in [0, 0.05) is 4.88 Å². The van der Waals surface area contributed by atoms with Gasteiger partial charge in [0.1, 0.15) is 11.6 Å². The molecular formula is C11H10Cl3N3S. The molecule has 0 aliphatic rings. The van der Waals surface area contributed by atoms with Gasteiger partial charge in [-0.15, -0.1) is 11.3 Å². The Hall–Kier alpha value is -0.680. The molecule has 0 aromatic carbocycles. The van der Waals surface area contributed by atoms with Gasteiger partial charge in [0.2, 0.25) is 0 Å². The van der Waals surface area contributed by atoms with Crippen LogP contribution in [0, 0.1) is 0 Å². The van der Waals surface area contributed by atoms with Gasteiger partial charge in [0.05, 0.1) is 20.4 Å². The lowest BCUT2D eigenvalue weighted by Gasteiger charge is -2.14. The molecule has 18 heavy (non-hydrogen) atoms. The molecule has 0 fully saturated rings. The minimum atomic E-state index is 0.0353. The summed E-state index contributed by atoms with van der Waals surface area (Å²) in [6.07, 6.45) is 0. The highest BCUT2D eigenvalue weighted by Gasteiger charge is 2.12. The Labute approximate surface area is 124 Å². The van der Waals surface area contributed by atoms with Gasteiger partial charge in [-0.05, 0) is 25.1 Å². The van der Waals surface area contributed by atoms with Crippen LogP contribution in [0.5, 0.6) is 0 Å². The van der Waals surface area contributed by atoms with Crippen molar-refractivity contribution in [1.82, 2.24) is 4.98 Å². The summed E-state index contributed by atoms with van der Waals surface area (Å²) in [5, 5.41) is 3.96. The zero-order valence-electron chi connectivity index (χ0n) is 9.38. The van der Waals surface area contributed by atoms with Crippen molar-refractivity contribution in [2.45, 2.75) is 13.0 Å². The molecule has 2 rings (SSSR count). The van der Waals surface area contributed by atoms with Crippen molar-refractivity contribution in [3.8, 4) is 0 Å². The molecule has 3 nitrogen and oxygen atoms in total. The van der Waals surface area contributed by atoms with Crippen molar-refractivity contribution in [3.05, 3.63) is 37.5 Å². The van der Waals surface area contributed by atoms with Gasteiger partial charge in [-0.2, -0.15) is 0 Å². The number of anilines is 2. The molecule has 0 radical (unpaired) electrons. The van der Waals surface area contributed by atoms with Crippen molar-refractivity contribution in [2.75, 3.05) is 11.1 Å². The number of thiophene rings is 1. The average Bonchev–Trinajstić information content (AvgIpc) is 2.73. The van der Waals surface area contributed by atoms with E-state index < -0.39 is 0 Å². The number of nitrogens with one attached hydrogen (secondary N) is 1. The second kappa shape index (κ2) is 5.53.